The summed E-state index contributed by atoms with van der Waals surface area (Å²) in [7, 11) is 0. The molecule has 0 aromatic carbocycles. The molecule has 0 saturated carbocycles. The van der Waals surface area contributed by atoms with Gasteiger partial charge in [0.15, 0.2) is 0 Å². The number of unbranched alkanes of at least 4 members (excludes halogenated alkanes) is 3. The Balaban J connectivity index is 4.86. The second-order valence-corrected chi connectivity index (χ2v) is 11.7. The molecule has 0 radical (unpaired) electrons. The van der Waals surface area contributed by atoms with Crippen molar-refractivity contribution in [2.75, 3.05) is 6.61 Å². The van der Waals surface area contributed by atoms with Crippen LogP contribution in [0.2, 0.25) is 9.45 Å². The second kappa shape index (κ2) is 9.00. The van der Waals surface area contributed by atoms with Crippen molar-refractivity contribution in [3.63, 3.8) is 0 Å². The maximum absolute atomic E-state index is 13.3. The van der Waals surface area contributed by atoms with Crippen LogP contribution >= 0.6 is 0 Å². The van der Waals surface area contributed by atoms with Gasteiger partial charge in [-0.05, 0) is 0 Å². The fourth-order valence-electron chi connectivity index (χ4n) is 2.09. The molecular formula is C14H30O3Ti. The molecule has 0 fully saturated rings. The number of rotatable bonds is 12. The SMILES string of the molecule is C=C[O][Ti](=[O])([CH2]CCC)([CH2]CCC)[O]CCCC. The van der Waals surface area contributed by atoms with E-state index in [0.717, 1.165) is 38.5 Å². The topological polar surface area (TPSA) is 35.5 Å². The Morgan fingerprint density at radius 1 is 1.00 bits per heavy atom. The minimum atomic E-state index is -4.48. The van der Waals surface area contributed by atoms with Crippen LogP contribution in [0.4, 0.5) is 0 Å². The van der Waals surface area contributed by atoms with Crippen molar-refractivity contribution in [3.05, 3.63) is 12.8 Å². The maximum atomic E-state index is 13.3. The van der Waals surface area contributed by atoms with Gasteiger partial charge in [0, 0.05) is 0 Å². The van der Waals surface area contributed by atoms with E-state index in [-0.39, 0.29) is 0 Å². The van der Waals surface area contributed by atoms with Gasteiger partial charge in [0.05, 0.1) is 0 Å². The van der Waals surface area contributed by atoms with Crippen molar-refractivity contribution < 1.29 is 26.0 Å². The molecule has 0 aromatic heterocycles. The van der Waals surface area contributed by atoms with Gasteiger partial charge in [-0.15, -0.1) is 0 Å². The van der Waals surface area contributed by atoms with Crippen LogP contribution in [0, 0.1) is 0 Å². The first kappa shape index (κ1) is 18.0. The van der Waals surface area contributed by atoms with Crippen LogP contribution in [-0.2, 0) is 26.0 Å². The van der Waals surface area contributed by atoms with Crippen molar-refractivity contribution in [3.8, 4) is 0 Å². The second-order valence-electron chi connectivity index (χ2n) is 5.06. The Morgan fingerprint density at radius 2 is 1.50 bits per heavy atom. The first-order chi connectivity index (χ1) is 8.54. The Morgan fingerprint density at radius 3 is 1.89 bits per heavy atom. The molecule has 3 nitrogen and oxygen atoms in total. The van der Waals surface area contributed by atoms with Crippen LogP contribution in [0.1, 0.15) is 59.3 Å². The number of hydrogen-bond acceptors (Lipinski definition) is 3. The first-order valence-corrected chi connectivity index (χ1v) is 11.5. The van der Waals surface area contributed by atoms with Crippen LogP contribution in [-0.4, -0.2) is 6.61 Å². The van der Waals surface area contributed by atoms with Crippen molar-refractivity contribution >= 4 is 0 Å². The van der Waals surface area contributed by atoms with E-state index in [1.54, 1.807) is 0 Å². The fourth-order valence-corrected chi connectivity index (χ4v) is 8.16. The standard InChI is InChI=1S/C4H9O.2C4H9.C2H4O.O.Ti/c1-2-3-4-5;2*1-3-4-2;1-2-3;;/h2-4H2,1H3;2*1,3-4H2,2H3;2-3H,1H2;;/q-1;;;;;+2/p-1. The zero-order chi connectivity index (χ0) is 13.9. The van der Waals surface area contributed by atoms with Gasteiger partial charge in [0.1, 0.15) is 0 Å². The van der Waals surface area contributed by atoms with E-state index in [1.807, 2.05) is 0 Å². The molecule has 4 heteroatoms. The molecule has 0 saturated heterocycles. The summed E-state index contributed by atoms with van der Waals surface area (Å²) in [6.45, 7) is 10.4. The summed E-state index contributed by atoms with van der Waals surface area (Å²) < 4.78 is 25.9. The van der Waals surface area contributed by atoms with Gasteiger partial charge in [0.25, 0.3) is 0 Å². The summed E-state index contributed by atoms with van der Waals surface area (Å²) in [5.74, 6) is 0. The predicted octanol–water partition coefficient (Wildman–Crippen LogP) is 5.27. The van der Waals surface area contributed by atoms with Crippen LogP contribution in [0.15, 0.2) is 12.8 Å². The van der Waals surface area contributed by atoms with Gasteiger partial charge in [0.2, 0.25) is 0 Å². The Bertz CT molecular complexity index is 275. The molecular weight excluding hydrogens is 264 g/mol. The molecule has 18 heavy (non-hydrogen) atoms. The van der Waals surface area contributed by atoms with E-state index in [1.165, 1.54) is 6.26 Å². The van der Waals surface area contributed by atoms with Gasteiger partial charge in [-0.25, -0.2) is 0 Å². The van der Waals surface area contributed by atoms with Crippen LogP contribution in [0.25, 0.3) is 0 Å². The molecule has 0 aliphatic carbocycles. The zero-order valence-electron chi connectivity index (χ0n) is 12.4. The third kappa shape index (κ3) is 6.26. The van der Waals surface area contributed by atoms with Crippen LogP contribution in [0.5, 0.6) is 0 Å². The molecule has 0 aliphatic heterocycles. The van der Waals surface area contributed by atoms with E-state index in [4.69, 9.17) is 6.64 Å². The average molecular weight is 294 g/mol. The first-order valence-electron chi connectivity index (χ1n) is 7.37. The molecule has 0 rings (SSSR count). The number of hydrogen-bond donors (Lipinski definition) is 0. The van der Waals surface area contributed by atoms with Gasteiger partial charge in [-0.3, -0.25) is 0 Å². The summed E-state index contributed by atoms with van der Waals surface area (Å²) in [5.41, 5.74) is 0. The minimum absolute atomic E-state index is 0.540. The van der Waals surface area contributed by atoms with Crippen molar-refractivity contribution in [2.45, 2.75) is 68.7 Å². The van der Waals surface area contributed by atoms with Gasteiger partial charge >= 0.3 is 114 Å². The van der Waals surface area contributed by atoms with Crippen molar-refractivity contribution in [1.29, 1.82) is 0 Å². The summed E-state index contributed by atoms with van der Waals surface area (Å²) in [6.07, 6.45) is 7.09. The normalized spacial score (nSPS) is 12.4. The Labute approximate surface area is 114 Å². The summed E-state index contributed by atoms with van der Waals surface area (Å²) in [5, 5.41) is 0. The van der Waals surface area contributed by atoms with Gasteiger partial charge in [-0.2, -0.15) is 0 Å². The zero-order valence-corrected chi connectivity index (χ0v) is 13.9. The molecule has 0 N–H and O–H groups in total. The molecule has 0 unspecified atom stereocenters. The van der Waals surface area contributed by atoms with E-state index in [9.17, 15) is 3.32 Å². The molecule has 0 aromatic rings. The Kier molecular flexibility index (Phi) is 9.01. The third-order valence-corrected chi connectivity index (χ3v) is 9.82. The van der Waals surface area contributed by atoms with Crippen LogP contribution in [0.3, 0.4) is 0 Å². The molecule has 0 atom stereocenters. The molecule has 0 heterocycles. The van der Waals surface area contributed by atoms with E-state index < -0.39 is 16.1 Å². The van der Waals surface area contributed by atoms with E-state index in [0.29, 0.717) is 16.1 Å². The van der Waals surface area contributed by atoms with Gasteiger partial charge < -0.3 is 0 Å². The average Bonchev–Trinajstić information content (AvgIpc) is 2.36. The van der Waals surface area contributed by atoms with E-state index >= 15 is 0 Å². The van der Waals surface area contributed by atoms with Gasteiger partial charge in [-0.1, -0.05) is 0 Å². The summed E-state index contributed by atoms with van der Waals surface area (Å²) >= 11 is -4.48. The molecule has 0 spiro atoms. The summed E-state index contributed by atoms with van der Waals surface area (Å²) in [6, 6.07) is 0. The van der Waals surface area contributed by atoms with Crippen molar-refractivity contribution in [2.24, 2.45) is 0 Å². The third-order valence-electron chi connectivity index (χ3n) is 3.29. The van der Waals surface area contributed by atoms with Crippen LogP contribution < -0.4 is 0 Å². The fraction of sp³-hybridized carbons (Fsp3) is 0.857. The quantitative estimate of drug-likeness (QED) is 0.279. The molecule has 0 aliphatic rings. The predicted molar refractivity (Wildman–Crippen MR) is 72.3 cm³/mol. The summed E-state index contributed by atoms with van der Waals surface area (Å²) in [4.78, 5) is 0. The van der Waals surface area contributed by atoms with E-state index in [2.05, 4.69) is 27.4 Å². The monoisotopic (exact) mass is 294 g/mol. The Hall–Kier alpha value is 0.0143. The van der Waals surface area contributed by atoms with Crippen molar-refractivity contribution in [1.82, 2.24) is 0 Å². The molecule has 0 amide bonds. The molecule has 108 valence electrons. The molecule has 0 bridgehead atoms.